The molecule has 0 spiro atoms. The Kier molecular flexibility index (Phi) is 17.1. The Morgan fingerprint density at radius 2 is 0.250 bits per heavy atom. The Morgan fingerprint density at radius 3 is 0.469 bits per heavy atom. The molecule has 96 heavy (non-hydrogen) atoms. The van der Waals surface area contributed by atoms with Gasteiger partial charge in [0.1, 0.15) is 19.0 Å². The van der Waals surface area contributed by atoms with E-state index in [1.165, 1.54) is 5.56 Å². The van der Waals surface area contributed by atoms with Gasteiger partial charge in [-0.25, -0.2) is 29.9 Å². The van der Waals surface area contributed by atoms with Gasteiger partial charge in [-0.15, -0.1) is 0 Å². The van der Waals surface area contributed by atoms with E-state index in [9.17, 15) is 0 Å². The molecule has 0 bridgehead atoms. The summed E-state index contributed by atoms with van der Waals surface area (Å²) in [5.74, 6) is 0. The van der Waals surface area contributed by atoms with E-state index in [-0.39, 0.29) is 0 Å². The van der Waals surface area contributed by atoms with Crippen molar-refractivity contribution in [2.75, 3.05) is 0 Å². The molecule has 6 aromatic heterocycles. The van der Waals surface area contributed by atoms with Gasteiger partial charge in [0.2, 0.25) is 0 Å². The topological polar surface area (TPSA) is 116 Å². The number of hydrogen-bond acceptors (Lipinski definition) is 9. The molecule has 16 aromatic rings. The van der Waals surface area contributed by atoms with Crippen LogP contribution in [0.25, 0.3) is 156 Å². The third-order valence-electron chi connectivity index (χ3n) is 17.1. The highest BCUT2D eigenvalue weighted by Gasteiger charge is 2.15. The summed E-state index contributed by atoms with van der Waals surface area (Å²) in [5, 5.41) is 0. The smallest absolute Gasteiger partial charge is 0.115 e. The van der Waals surface area contributed by atoms with Gasteiger partial charge in [0.25, 0.3) is 0 Å². The summed E-state index contributed by atoms with van der Waals surface area (Å²) in [6, 6.07) is 95.1. The van der Waals surface area contributed by atoms with E-state index in [2.05, 4.69) is 294 Å². The SMILES string of the molecule is c1cncc(-c2cccc(-c3cccc(-c4cc(-c5cccnc5)cc(-c5cccc(-c6cccc(-c7cncnc7)c6)c5)c4)c3)c2)c1.c1cncc(-c2cccc(-c3cccc(-c4cc(-c5cncnc5)cc(-c5cccc(-c6cccc(-c7cncnc7)c6)c5)c4)c3)c2)c1. The number of hydrogen-bond donors (Lipinski definition) is 0. The molecule has 0 aliphatic carbocycles. The van der Waals surface area contributed by atoms with E-state index in [1.807, 2.05) is 80.2 Å². The maximum atomic E-state index is 4.43. The average molecular weight is 1230 g/mol. The average Bonchev–Trinajstić information content (AvgIpc) is 0.898. The van der Waals surface area contributed by atoms with Crippen molar-refractivity contribution in [1.29, 1.82) is 0 Å². The molecule has 6 heterocycles. The van der Waals surface area contributed by atoms with Gasteiger partial charge < -0.3 is 0 Å². The zero-order valence-corrected chi connectivity index (χ0v) is 52.1. The van der Waals surface area contributed by atoms with Gasteiger partial charge in [0.05, 0.1) is 0 Å². The van der Waals surface area contributed by atoms with Crippen LogP contribution in [-0.4, -0.2) is 44.9 Å². The van der Waals surface area contributed by atoms with Crippen molar-refractivity contribution in [2.24, 2.45) is 0 Å². The first-order chi connectivity index (χ1) is 47.5. The van der Waals surface area contributed by atoms with E-state index in [0.29, 0.717) is 0 Å². The Balaban J connectivity index is 0.000000158. The molecule has 0 aliphatic heterocycles. The normalized spacial score (nSPS) is 10.9. The maximum absolute atomic E-state index is 4.43. The summed E-state index contributed by atoms with van der Waals surface area (Å²) in [7, 11) is 0. The second-order valence-corrected chi connectivity index (χ2v) is 23.4. The molecule has 9 heteroatoms. The monoisotopic (exact) mass is 1230 g/mol. The van der Waals surface area contributed by atoms with Gasteiger partial charge in [-0.2, -0.15) is 0 Å². The summed E-state index contributed by atoms with van der Waals surface area (Å²) >= 11 is 0. The number of rotatable bonds is 14. The van der Waals surface area contributed by atoms with Crippen LogP contribution in [0.3, 0.4) is 0 Å². The quantitative estimate of drug-likeness (QED) is 0.105. The fourth-order valence-electron chi connectivity index (χ4n) is 12.2. The van der Waals surface area contributed by atoms with Crippen molar-refractivity contribution in [2.45, 2.75) is 0 Å². The molecule has 0 unspecified atom stereocenters. The molecule has 0 fully saturated rings. The first kappa shape index (κ1) is 59.2. The van der Waals surface area contributed by atoms with Gasteiger partial charge in [-0.3, -0.25) is 15.0 Å². The Morgan fingerprint density at radius 1 is 0.115 bits per heavy atom. The lowest BCUT2D eigenvalue weighted by molar-refractivity contribution is 1.17. The molecule has 9 nitrogen and oxygen atoms in total. The molecular formula is C87H59N9. The molecular weight excluding hydrogens is 1170 g/mol. The van der Waals surface area contributed by atoms with Crippen LogP contribution < -0.4 is 0 Å². The molecule has 452 valence electrons. The lowest BCUT2D eigenvalue weighted by Crippen LogP contribution is -1.89. The van der Waals surface area contributed by atoms with Crippen molar-refractivity contribution in [3.63, 3.8) is 0 Å². The first-order valence-electron chi connectivity index (χ1n) is 31.6. The van der Waals surface area contributed by atoms with Gasteiger partial charge in [-0.05, 0) is 226 Å². The van der Waals surface area contributed by atoms with Crippen molar-refractivity contribution < 1.29 is 0 Å². The van der Waals surface area contributed by atoms with Crippen LogP contribution in [0.5, 0.6) is 0 Å². The van der Waals surface area contributed by atoms with Gasteiger partial charge in [-0.1, -0.05) is 164 Å². The summed E-state index contributed by atoms with van der Waals surface area (Å²) in [4.78, 5) is 38.5. The second-order valence-electron chi connectivity index (χ2n) is 23.4. The van der Waals surface area contributed by atoms with Gasteiger partial charge in [0, 0.05) is 108 Å². The minimum Gasteiger partial charge on any atom is -0.264 e. The van der Waals surface area contributed by atoms with Crippen LogP contribution >= 0.6 is 0 Å². The van der Waals surface area contributed by atoms with Crippen molar-refractivity contribution in [3.05, 3.63) is 360 Å². The molecule has 0 N–H and O–H groups in total. The number of pyridine rings is 3. The largest absolute Gasteiger partial charge is 0.264 e. The Labute approximate surface area is 557 Å². The summed E-state index contributed by atoms with van der Waals surface area (Å²) in [5.41, 5.74) is 31.1. The van der Waals surface area contributed by atoms with Crippen molar-refractivity contribution in [1.82, 2.24) is 44.9 Å². The molecule has 0 radical (unpaired) electrons. The number of nitrogens with zero attached hydrogens (tertiary/aromatic N) is 9. The molecule has 0 atom stereocenters. The maximum Gasteiger partial charge on any atom is 0.115 e. The minimum atomic E-state index is 0.967. The standard InChI is InChI=1S/C44H30N4.C43H29N5/c1-7-31(19-35(11-1)39-15-5-17-45-26-39)32-8-2-12-36(20-32)41-23-42(25-43(24-41)40-16-6-18-46-27-40)37-13-3-9-33(21-37)34-10-4-14-38(22-34)44-28-47-30-48-29-44;1-6-30(16-34(10-1)38-14-5-15-44-23-38)31-7-2-11-35(17-31)39-20-40(22-41(21-39)43-26-47-29-48-27-43)36-12-3-8-32(18-36)33-9-4-13-37(19-33)42-24-45-28-46-25-42/h1-30H;1-29H. The van der Waals surface area contributed by atoms with Crippen LogP contribution in [0.1, 0.15) is 0 Å². The fraction of sp³-hybridized carbons (Fsp3) is 0. The van der Waals surface area contributed by atoms with Gasteiger partial charge >= 0.3 is 0 Å². The third kappa shape index (κ3) is 13.6. The fourth-order valence-corrected chi connectivity index (χ4v) is 12.2. The van der Waals surface area contributed by atoms with Crippen LogP contribution in [0.4, 0.5) is 0 Å². The highest BCUT2D eigenvalue weighted by atomic mass is 14.8. The third-order valence-corrected chi connectivity index (χ3v) is 17.1. The van der Waals surface area contributed by atoms with Crippen molar-refractivity contribution >= 4 is 0 Å². The first-order valence-corrected chi connectivity index (χ1v) is 31.6. The minimum absolute atomic E-state index is 0.967. The van der Waals surface area contributed by atoms with Crippen LogP contribution in [0, 0.1) is 0 Å². The molecule has 0 aliphatic rings. The van der Waals surface area contributed by atoms with Crippen LogP contribution in [-0.2, 0) is 0 Å². The summed E-state index contributed by atoms with van der Waals surface area (Å²) < 4.78 is 0. The van der Waals surface area contributed by atoms with E-state index < -0.39 is 0 Å². The molecule has 16 rings (SSSR count). The van der Waals surface area contributed by atoms with E-state index in [0.717, 1.165) is 150 Å². The van der Waals surface area contributed by atoms with E-state index in [4.69, 9.17) is 0 Å². The molecule has 10 aromatic carbocycles. The summed E-state index contributed by atoms with van der Waals surface area (Å²) in [6.45, 7) is 0. The molecule has 0 amide bonds. The van der Waals surface area contributed by atoms with Gasteiger partial charge in [0.15, 0.2) is 0 Å². The van der Waals surface area contributed by atoms with E-state index in [1.54, 1.807) is 31.4 Å². The second kappa shape index (κ2) is 27.8. The van der Waals surface area contributed by atoms with Crippen molar-refractivity contribution in [3.8, 4) is 156 Å². The molecule has 0 saturated heterocycles. The highest BCUT2D eigenvalue weighted by Crippen LogP contribution is 2.40. The molecule has 0 saturated carbocycles. The Hall–Kier alpha value is -13.1. The lowest BCUT2D eigenvalue weighted by atomic mass is 9.91. The van der Waals surface area contributed by atoms with Crippen LogP contribution in [0.15, 0.2) is 360 Å². The highest BCUT2D eigenvalue weighted by molar-refractivity contribution is 5.88. The zero-order valence-electron chi connectivity index (χ0n) is 52.1. The predicted octanol–water partition coefficient (Wildman–Crippen LogP) is 21.3. The Bertz CT molecular complexity index is 4720. The van der Waals surface area contributed by atoms with Crippen LogP contribution in [0.2, 0.25) is 0 Å². The van der Waals surface area contributed by atoms with E-state index >= 15 is 0 Å². The number of aromatic nitrogens is 9. The lowest BCUT2D eigenvalue weighted by Gasteiger charge is -2.13. The predicted molar refractivity (Wildman–Crippen MR) is 389 cm³/mol. The summed E-state index contributed by atoms with van der Waals surface area (Å²) in [6.07, 6.45) is 27.0. The zero-order chi connectivity index (χ0) is 64.2. The number of benzene rings is 10.